The van der Waals surface area contributed by atoms with Crippen LogP contribution in [0.5, 0.6) is 0 Å². The Hall–Kier alpha value is -0.610. The molecule has 0 bridgehead atoms. The van der Waals surface area contributed by atoms with Gasteiger partial charge in [-0.25, -0.2) is 0 Å². The zero-order valence-electron chi connectivity index (χ0n) is 12.5. The highest BCUT2D eigenvalue weighted by Gasteiger charge is 2.30. The molecule has 4 heteroatoms. The van der Waals surface area contributed by atoms with Gasteiger partial charge in [-0.1, -0.05) is 46.0 Å². The molecule has 1 atom stereocenters. The molecule has 4 N–H and O–H groups in total. The van der Waals surface area contributed by atoms with E-state index in [2.05, 4.69) is 19.2 Å². The summed E-state index contributed by atoms with van der Waals surface area (Å²) in [5, 5.41) is 12.8. The van der Waals surface area contributed by atoms with Crippen molar-refractivity contribution in [1.29, 1.82) is 0 Å². The van der Waals surface area contributed by atoms with Crippen LogP contribution in [0.1, 0.15) is 65.2 Å². The second-order valence-electron chi connectivity index (χ2n) is 6.05. The van der Waals surface area contributed by atoms with Crippen LogP contribution in [0.3, 0.4) is 0 Å². The molecule has 0 spiro atoms. The summed E-state index contributed by atoms with van der Waals surface area (Å²) in [6.45, 7) is 4.48. The van der Waals surface area contributed by atoms with Crippen LogP contribution < -0.4 is 11.1 Å². The third-order valence-corrected chi connectivity index (χ3v) is 4.46. The summed E-state index contributed by atoms with van der Waals surface area (Å²) < 4.78 is 0. The van der Waals surface area contributed by atoms with Gasteiger partial charge >= 0.3 is 0 Å². The van der Waals surface area contributed by atoms with Gasteiger partial charge in [0.25, 0.3) is 0 Å². The van der Waals surface area contributed by atoms with Crippen molar-refractivity contribution in [2.45, 2.75) is 76.9 Å². The molecular formula is C15H30N2O2. The monoisotopic (exact) mass is 270 g/mol. The molecule has 1 unspecified atom stereocenters. The maximum atomic E-state index is 11.9. The molecule has 19 heavy (non-hydrogen) atoms. The van der Waals surface area contributed by atoms with Crippen molar-refractivity contribution in [1.82, 2.24) is 5.32 Å². The van der Waals surface area contributed by atoms with Gasteiger partial charge in [0.1, 0.15) is 0 Å². The van der Waals surface area contributed by atoms with Gasteiger partial charge in [-0.3, -0.25) is 4.79 Å². The van der Waals surface area contributed by atoms with Gasteiger partial charge in [0, 0.05) is 18.5 Å². The van der Waals surface area contributed by atoms with Crippen molar-refractivity contribution in [3.05, 3.63) is 0 Å². The predicted molar refractivity (Wildman–Crippen MR) is 77.7 cm³/mol. The zero-order valence-corrected chi connectivity index (χ0v) is 12.5. The van der Waals surface area contributed by atoms with Crippen molar-refractivity contribution >= 4 is 5.91 Å². The van der Waals surface area contributed by atoms with Crippen molar-refractivity contribution in [2.24, 2.45) is 11.7 Å². The highest BCUT2D eigenvalue weighted by atomic mass is 16.3. The second-order valence-corrected chi connectivity index (χ2v) is 6.05. The number of carbonyl (C=O) groups is 1. The van der Waals surface area contributed by atoms with E-state index < -0.39 is 6.10 Å². The van der Waals surface area contributed by atoms with Gasteiger partial charge < -0.3 is 16.2 Å². The first-order chi connectivity index (χ1) is 9.00. The van der Waals surface area contributed by atoms with E-state index in [1.807, 2.05) is 0 Å². The summed E-state index contributed by atoms with van der Waals surface area (Å²) in [6.07, 6.45) is 7.18. The van der Waals surface area contributed by atoms with Crippen molar-refractivity contribution < 1.29 is 9.90 Å². The lowest BCUT2D eigenvalue weighted by molar-refractivity contribution is -0.123. The van der Waals surface area contributed by atoms with Gasteiger partial charge in [-0.2, -0.15) is 0 Å². The van der Waals surface area contributed by atoms with Crippen LogP contribution in [0.2, 0.25) is 0 Å². The van der Waals surface area contributed by atoms with Crippen molar-refractivity contribution in [3.63, 3.8) is 0 Å². The number of nitrogens with two attached hydrogens (primary N) is 1. The number of aliphatic hydroxyl groups excluding tert-OH is 1. The largest absolute Gasteiger partial charge is 0.391 e. The SMILES string of the molecule is CCC(CC)C(O)CNC(=O)CC1(N)CCCCC1. The lowest BCUT2D eigenvalue weighted by atomic mass is 9.80. The fraction of sp³-hybridized carbons (Fsp3) is 0.933. The molecule has 1 aliphatic carbocycles. The third kappa shape index (κ3) is 5.49. The molecule has 0 aromatic carbocycles. The van der Waals surface area contributed by atoms with Crippen LogP contribution in [0.25, 0.3) is 0 Å². The van der Waals surface area contributed by atoms with Crippen LogP contribution in [0.4, 0.5) is 0 Å². The molecule has 0 saturated heterocycles. The Balaban J connectivity index is 2.31. The van der Waals surface area contributed by atoms with Gasteiger partial charge in [0.2, 0.25) is 5.91 Å². The summed E-state index contributed by atoms with van der Waals surface area (Å²) in [7, 11) is 0. The molecule has 0 aromatic heterocycles. The van der Waals surface area contributed by atoms with Gasteiger partial charge in [0.05, 0.1) is 6.10 Å². The Bertz CT molecular complexity index is 271. The van der Waals surface area contributed by atoms with Crippen LogP contribution in [-0.2, 0) is 4.79 Å². The summed E-state index contributed by atoms with van der Waals surface area (Å²) in [4.78, 5) is 11.9. The van der Waals surface area contributed by atoms with Crippen molar-refractivity contribution in [3.8, 4) is 0 Å². The molecule has 112 valence electrons. The molecule has 1 aliphatic rings. The number of hydrogen-bond donors (Lipinski definition) is 3. The Morgan fingerprint density at radius 1 is 1.26 bits per heavy atom. The number of carbonyl (C=O) groups excluding carboxylic acids is 1. The number of hydrogen-bond acceptors (Lipinski definition) is 3. The van der Waals surface area contributed by atoms with E-state index >= 15 is 0 Å². The Labute approximate surface area is 117 Å². The Kier molecular flexibility index (Phi) is 6.80. The Morgan fingerprint density at radius 2 is 1.84 bits per heavy atom. The molecule has 1 rings (SSSR count). The first kappa shape index (κ1) is 16.4. The maximum absolute atomic E-state index is 11.9. The fourth-order valence-corrected chi connectivity index (χ4v) is 3.03. The maximum Gasteiger partial charge on any atom is 0.221 e. The highest BCUT2D eigenvalue weighted by Crippen LogP contribution is 2.28. The molecule has 1 amide bonds. The van der Waals surface area contributed by atoms with Gasteiger partial charge in [-0.05, 0) is 18.8 Å². The summed E-state index contributed by atoms with van der Waals surface area (Å²) >= 11 is 0. The lowest BCUT2D eigenvalue weighted by Gasteiger charge is -2.33. The van der Waals surface area contributed by atoms with Gasteiger partial charge in [-0.15, -0.1) is 0 Å². The number of aliphatic hydroxyl groups is 1. The van der Waals surface area contributed by atoms with E-state index in [0.29, 0.717) is 13.0 Å². The van der Waals surface area contributed by atoms with E-state index in [0.717, 1.165) is 38.5 Å². The second kappa shape index (κ2) is 7.85. The number of rotatable bonds is 7. The predicted octanol–water partition coefficient (Wildman–Crippen LogP) is 1.95. The normalized spacial score (nSPS) is 20.3. The quantitative estimate of drug-likeness (QED) is 0.662. The van der Waals surface area contributed by atoms with E-state index in [1.54, 1.807) is 0 Å². The topological polar surface area (TPSA) is 75.3 Å². The van der Waals surface area contributed by atoms with Crippen LogP contribution in [-0.4, -0.2) is 29.2 Å². The summed E-state index contributed by atoms with van der Waals surface area (Å²) in [5.41, 5.74) is 5.94. The smallest absolute Gasteiger partial charge is 0.221 e. The molecule has 0 radical (unpaired) electrons. The molecule has 0 heterocycles. The van der Waals surface area contributed by atoms with E-state index in [4.69, 9.17) is 5.73 Å². The van der Waals surface area contributed by atoms with Crippen LogP contribution in [0, 0.1) is 5.92 Å². The molecule has 1 fully saturated rings. The molecule has 0 aliphatic heterocycles. The average Bonchev–Trinajstić information content (AvgIpc) is 2.38. The molecule has 1 saturated carbocycles. The fourth-order valence-electron chi connectivity index (χ4n) is 3.03. The van der Waals surface area contributed by atoms with Crippen LogP contribution in [0.15, 0.2) is 0 Å². The van der Waals surface area contributed by atoms with Crippen molar-refractivity contribution in [2.75, 3.05) is 6.54 Å². The third-order valence-electron chi connectivity index (χ3n) is 4.46. The number of amides is 1. The lowest BCUT2D eigenvalue weighted by Crippen LogP contribution is -2.47. The first-order valence-corrected chi connectivity index (χ1v) is 7.74. The standard InChI is InChI=1S/C15H30N2O2/c1-3-12(4-2)13(18)11-17-14(19)10-15(16)8-6-5-7-9-15/h12-13,18H,3-11,16H2,1-2H3,(H,17,19). The first-order valence-electron chi connectivity index (χ1n) is 7.74. The molecular weight excluding hydrogens is 240 g/mol. The van der Waals surface area contributed by atoms with Crippen LogP contribution >= 0.6 is 0 Å². The number of nitrogens with one attached hydrogen (secondary N) is 1. The molecule has 0 aromatic rings. The minimum atomic E-state index is -0.445. The van der Waals surface area contributed by atoms with E-state index in [9.17, 15) is 9.90 Å². The van der Waals surface area contributed by atoms with E-state index in [-0.39, 0.29) is 17.4 Å². The zero-order chi connectivity index (χ0) is 14.3. The Morgan fingerprint density at radius 3 is 2.37 bits per heavy atom. The summed E-state index contributed by atoms with van der Waals surface area (Å²) in [5.74, 6) is 0.247. The van der Waals surface area contributed by atoms with Gasteiger partial charge in [0.15, 0.2) is 0 Å². The summed E-state index contributed by atoms with van der Waals surface area (Å²) in [6, 6.07) is 0. The minimum absolute atomic E-state index is 0.0191. The average molecular weight is 270 g/mol. The minimum Gasteiger partial charge on any atom is -0.391 e. The molecule has 4 nitrogen and oxygen atoms in total. The highest BCUT2D eigenvalue weighted by molar-refractivity contribution is 5.77. The van der Waals surface area contributed by atoms with E-state index in [1.165, 1.54) is 6.42 Å².